The zero-order chi connectivity index (χ0) is 27.3. The second kappa shape index (κ2) is 10.4. The molecular formula is C26H32O12. The topological polar surface area (TPSA) is 175 Å². The lowest BCUT2D eigenvalue weighted by molar-refractivity contribution is -0.292. The van der Waals surface area contributed by atoms with Crippen molar-refractivity contribution in [1.29, 1.82) is 0 Å². The molecule has 0 spiro atoms. The summed E-state index contributed by atoms with van der Waals surface area (Å²) < 4.78 is 26.4. The van der Waals surface area contributed by atoms with E-state index in [0.717, 1.165) is 11.1 Å². The Balaban J connectivity index is 1.22. The number of rotatable bonds is 5. The Kier molecular flexibility index (Phi) is 7.33. The minimum atomic E-state index is -1.82. The first-order valence-corrected chi connectivity index (χ1v) is 12.9. The highest BCUT2D eigenvalue weighted by Crippen LogP contribution is 2.42. The molecule has 5 rings (SSSR count). The molecule has 3 aliphatic heterocycles. The second-order valence-corrected chi connectivity index (χ2v) is 10.7. The summed E-state index contributed by atoms with van der Waals surface area (Å²) in [6.07, 6.45) is -5.59. The number of carbonyl (C=O) groups excluding carboxylic acids is 4. The normalized spacial score (nSPS) is 38.8. The number of fused-ring (bicyclic) bond motifs is 2. The van der Waals surface area contributed by atoms with Gasteiger partial charge in [0, 0.05) is 23.0 Å². The molecule has 0 bridgehead atoms. The minimum Gasteiger partial charge on any atom is -0.462 e. The first kappa shape index (κ1) is 26.8. The van der Waals surface area contributed by atoms with E-state index < -0.39 is 73.0 Å². The number of cyclic esters (lactones) is 2. The van der Waals surface area contributed by atoms with Crippen molar-refractivity contribution in [2.45, 2.75) is 70.2 Å². The van der Waals surface area contributed by atoms with Gasteiger partial charge in [-0.15, -0.1) is 0 Å². The third-order valence-electron chi connectivity index (χ3n) is 8.43. The summed E-state index contributed by atoms with van der Waals surface area (Å²) in [7, 11) is 0. The fraction of sp³-hybridized carbons (Fsp3) is 0.692. The van der Waals surface area contributed by atoms with Gasteiger partial charge in [-0.25, -0.2) is 9.59 Å². The molecule has 2 aliphatic carbocycles. The summed E-state index contributed by atoms with van der Waals surface area (Å²) >= 11 is 0. The van der Waals surface area contributed by atoms with Gasteiger partial charge in [0.1, 0.15) is 38.1 Å². The van der Waals surface area contributed by atoms with Gasteiger partial charge in [0.05, 0.1) is 11.8 Å². The van der Waals surface area contributed by atoms with Gasteiger partial charge in [-0.05, 0) is 39.5 Å². The van der Waals surface area contributed by atoms with E-state index in [1.54, 1.807) is 6.92 Å². The van der Waals surface area contributed by atoms with Gasteiger partial charge < -0.3 is 39.0 Å². The van der Waals surface area contributed by atoms with Crippen LogP contribution in [0.2, 0.25) is 0 Å². The Morgan fingerprint density at radius 2 is 1.37 bits per heavy atom. The summed E-state index contributed by atoms with van der Waals surface area (Å²) in [5.41, 5.74) is 2.69. The van der Waals surface area contributed by atoms with E-state index in [0.29, 0.717) is 36.8 Å². The summed E-state index contributed by atoms with van der Waals surface area (Å²) in [4.78, 5) is 50.1. The van der Waals surface area contributed by atoms with E-state index in [-0.39, 0.29) is 25.0 Å². The number of aliphatic hydroxyl groups excluding tert-OH is 3. The molecule has 0 aromatic rings. The predicted molar refractivity (Wildman–Crippen MR) is 123 cm³/mol. The van der Waals surface area contributed by atoms with E-state index in [4.69, 9.17) is 23.7 Å². The third kappa shape index (κ3) is 4.63. The summed E-state index contributed by atoms with van der Waals surface area (Å²) in [6.45, 7) is 2.81. The van der Waals surface area contributed by atoms with Crippen molar-refractivity contribution in [2.24, 2.45) is 23.7 Å². The lowest BCUT2D eigenvalue weighted by atomic mass is 9.85. The standard InChI is InChI=1S/C26H32O12/c1-10-3-5-12-14(7-34-24(31)17(10)12)22(29)36-9-16-19(27)21(20(28)26(33)37-16)38-23(30)15-8-35-25(32)18-11(2)4-6-13(15)18/h12-16,19-21,26-28,33H,3-9H2,1-2H3. The van der Waals surface area contributed by atoms with Gasteiger partial charge in [-0.1, -0.05) is 11.1 Å². The van der Waals surface area contributed by atoms with Crippen molar-refractivity contribution in [3.8, 4) is 0 Å². The van der Waals surface area contributed by atoms with Crippen LogP contribution in [0.15, 0.2) is 22.3 Å². The molecule has 3 fully saturated rings. The number of allylic oxidation sites excluding steroid dienone is 2. The molecule has 3 N–H and O–H groups in total. The van der Waals surface area contributed by atoms with E-state index in [1.165, 1.54) is 0 Å². The highest BCUT2D eigenvalue weighted by atomic mass is 16.7. The van der Waals surface area contributed by atoms with Crippen molar-refractivity contribution in [2.75, 3.05) is 19.8 Å². The number of esters is 4. The molecule has 12 heteroatoms. The van der Waals surface area contributed by atoms with Gasteiger partial charge in [-0.2, -0.15) is 0 Å². The summed E-state index contributed by atoms with van der Waals surface area (Å²) in [5, 5.41) is 31.5. The SMILES string of the molecule is CC1=C2C(=O)OCC(C(=O)OCC3OC(O)C(O)C(OC(=O)C4COC(=O)C5=C(C)CCC54)C3O)C2CC1. The van der Waals surface area contributed by atoms with Crippen molar-refractivity contribution < 1.29 is 58.2 Å². The maximum Gasteiger partial charge on any atom is 0.334 e. The maximum absolute atomic E-state index is 13.0. The van der Waals surface area contributed by atoms with Crippen LogP contribution in [0.3, 0.4) is 0 Å². The number of hydrogen-bond acceptors (Lipinski definition) is 12. The number of carbonyl (C=O) groups is 4. The molecule has 208 valence electrons. The quantitative estimate of drug-likeness (QED) is 0.309. The lowest BCUT2D eigenvalue weighted by Gasteiger charge is -2.41. The van der Waals surface area contributed by atoms with Crippen LogP contribution < -0.4 is 0 Å². The van der Waals surface area contributed by atoms with E-state index >= 15 is 0 Å². The molecular weight excluding hydrogens is 504 g/mol. The molecule has 9 unspecified atom stereocenters. The summed E-state index contributed by atoms with van der Waals surface area (Å²) in [5.74, 6) is -4.56. The van der Waals surface area contributed by atoms with Crippen molar-refractivity contribution >= 4 is 23.9 Å². The van der Waals surface area contributed by atoms with Crippen LogP contribution in [0.5, 0.6) is 0 Å². The second-order valence-electron chi connectivity index (χ2n) is 10.7. The molecule has 0 aromatic heterocycles. The van der Waals surface area contributed by atoms with Gasteiger partial charge >= 0.3 is 23.9 Å². The number of ether oxygens (including phenoxy) is 5. The zero-order valence-electron chi connectivity index (χ0n) is 21.2. The van der Waals surface area contributed by atoms with Crippen LogP contribution in [-0.4, -0.2) is 89.7 Å². The molecule has 9 atom stereocenters. The fourth-order valence-electron chi connectivity index (χ4n) is 6.26. The minimum absolute atomic E-state index is 0.127. The molecule has 0 aromatic carbocycles. The Morgan fingerprint density at radius 3 is 1.92 bits per heavy atom. The Morgan fingerprint density at radius 1 is 0.842 bits per heavy atom. The average Bonchev–Trinajstić information content (AvgIpc) is 3.47. The van der Waals surface area contributed by atoms with Crippen LogP contribution in [0, 0.1) is 23.7 Å². The van der Waals surface area contributed by atoms with Crippen molar-refractivity contribution in [3.05, 3.63) is 22.3 Å². The first-order chi connectivity index (χ1) is 18.1. The Bertz CT molecular complexity index is 1090. The summed E-state index contributed by atoms with van der Waals surface area (Å²) in [6, 6.07) is 0. The average molecular weight is 537 g/mol. The molecule has 0 amide bonds. The van der Waals surface area contributed by atoms with Crippen LogP contribution in [-0.2, 0) is 42.9 Å². The number of aliphatic hydroxyl groups is 3. The van der Waals surface area contributed by atoms with E-state index in [1.807, 2.05) is 6.92 Å². The monoisotopic (exact) mass is 536 g/mol. The molecule has 12 nitrogen and oxygen atoms in total. The van der Waals surface area contributed by atoms with Gasteiger partial charge in [0.25, 0.3) is 0 Å². The third-order valence-corrected chi connectivity index (χ3v) is 8.43. The van der Waals surface area contributed by atoms with Gasteiger partial charge in [-0.3, -0.25) is 9.59 Å². The smallest absolute Gasteiger partial charge is 0.334 e. The van der Waals surface area contributed by atoms with Gasteiger partial charge in [0.15, 0.2) is 12.4 Å². The molecule has 3 heterocycles. The first-order valence-electron chi connectivity index (χ1n) is 12.9. The van der Waals surface area contributed by atoms with Gasteiger partial charge in [0.2, 0.25) is 0 Å². The largest absolute Gasteiger partial charge is 0.462 e. The van der Waals surface area contributed by atoms with Crippen LogP contribution in [0.1, 0.15) is 39.5 Å². The predicted octanol–water partition coefficient (Wildman–Crippen LogP) is -0.321. The molecule has 3 saturated heterocycles. The maximum atomic E-state index is 13.0. The van der Waals surface area contributed by atoms with Crippen molar-refractivity contribution in [1.82, 2.24) is 0 Å². The zero-order valence-corrected chi connectivity index (χ0v) is 21.2. The molecule has 0 saturated carbocycles. The molecule has 0 radical (unpaired) electrons. The highest BCUT2D eigenvalue weighted by Gasteiger charge is 2.50. The van der Waals surface area contributed by atoms with Crippen LogP contribution in [0.4, 0.5) is 0 Å². The number of hydrogen-bond donors (Lipinski definition) is 3. The molecule has 38 heavy (non-hydrogen) atoms. The van der Waals surface area contributed by atoms with E-state index in [2.05, 4.69) is 0 Å². The van der Waals surface area contributed by atoms with Crippen molar-refractivity contribution in [3.63, 3.8) is 0 Å². The Labute approximate surface area is 218 Å². The van der Waals surface area contributed by atoms with E-state index in [9.17, 15) is 34.5 Å². The fourth-order valence-corrected chi connectivity index (χ4v) is 6.26. The Hall–Kier alpha value is -2.80. The molecule has 5 aliphatic rings. The van der Waals surface area contributed by atoms with Crippen LogP contribution >= 0.6 is 0 Å². The van der Waals surface area contributed by atoms with Crippen LogP contribution in [0.25, 0.3) is 0 Å². The highest BCUT2D eigenvalue weighted by molar-refractivity contribution is 5.94. The lowest BCUT2D eigenvalue weighted by Crippen LogP contribution is -2.60.